The van der Waals surface area contributed by atoms with Crippen molar-refractivity contribution < 1.29 is 14.3 Å². The first-order valence-corrected chi connectivity index (χ1v) is 8.24. The quantitative estimate of drug-likeness (QED) is 0.865. The molecule has 1 saturated heterocycles. The second kappa shape index (κ2) is 6.74. The number of rotatable bonds is 4. The molecule has 1 aromatic carbocycles. The van der Waals surface area contributed by atoms with Crippen LogP contribution in [0.4, 0.5) is 9.52 Å². The van der Waals surface area contributed by atoms with Crippen molar-refractivity contribution in [3.8, 4) is 11.3 Å². The van der Waals surface area contributed by atoms with Crippen molar-refractivity contribution >= 4 is 22.3 Å². The number of nitrogens with zero attached hydrogens (tertiary/aromatic N) is 3. The number of carbonyl (C=O) groups is 1. The fourth-order valence-corrected chi connectivity index (χ4v) is 3.38. The Labute approximate surface area is 138 Å². The van der Waals surface area contributed by atoms with Gasteiger partial charge in [0.15, 0.2) is 10.9 Å². The number of thiazole rings is 1. The first-order valence-electron chi connectivity index (χ1n) is 7.43. The van der Waals surface area contributed by atoms with E-state index in [4.69, 9.17) is 5.11 Å². The van der Waals surface area contributed by atoms with E-state index in [2.05, 4.69) is 21.8 Å². The molecule has 2 heterocycles. The lowest BCUT2D eigenvalue weighted by atomic mass is 10.1. The summed E-state index contributed by atoms with van der Waals surface area (Å²) in [6.07, 6.45) is 0. The zero-order valence-corrected chi connectivity index (χ0v) is 13.6. The van der Waals surface area contributed by atoms with Crippen LogP contribution >= 0.6 is 11.3 Å². The molecule has 0 spiro atoms. The summed E-state index contributed by atoms with van der Waals surface area (Å²) in [5, 5.41) is 9.23. The number of hydrogen-bond donors (Lipinski definition) is 1. The largest absolute Gasteiger partial charge is 0.388 e. The molecule has 1 aliphatic heterocycles. The van der Waals surface area contributed by atoms with Gasteiger partial charge in [0.05, 0.1) is 0 Å². The van der Waals surface area contributed by atoms with Gasteiger partial charge in [-0.2, -0.15) is 4.39 Å². The second-order valence-corrected chi connectivity index (χ2v) is 6.50. The molecule has 0 unspecified atom stereocenters. The number of Topliss-reactive ketones (excluding diaryl/α,β-unsaturated/α-hetero) is 1. The van der Waals surface area contributed by atoms with Crippen molar-refractivity contribution in [2.45, 2.75) is 0 Å². The molecule has 7 heteroatoms. The van der Waals surface area contributed by atoms with Gasteiger partial charge in [-0.15, -0.1) is 0 Å². The van der Waals surface area contributed by atoms with Crippen molar-refractivity contribution in [1.29, 1.82) is 0 Å². The highest BCUT2D eigenvalue weighted by atomic mass is 32.1. The van der Waals surface area contributed by atoms with Crippen molar-refractivity contribution in [3.05, 3.63) is 35.0 Å². The molecule has 0 bridgehead atoms. The molecule has 23 heavy (non-hydrogen) atoms. The minimum Gasteiger partial charge on any atom is -0.388 e. The first-order chi connectivity index (χ1) is 11.1. The third-order valence-corrected chi connectivity index (χ3v) is 4.88. The molecule has 0 aliphatic carbocycles. The fourth-order valence-electron chi connectivity index (χ4n) is 2.51. The van der Waals surface area contributed by atoms with Crippen molar-refractivity contribution in [3.63, 3.8) is 0 Å². The summed E-state index contributed by atoms with van der Waals surface area (Å²) in [6, 6.07) is 6.49. The number of likely N-dealkylation sites (N-methyl/N-ethyl adjacent to an activating group) is 1. The van der Waals surface area contributed by atoms with E-state index in [1.807, 2.05) is 0 Å². The molecule has 0 atom stereocenters. The van der Waals surface area contributed by atoms with Crippen molar-refractivity contribution in [2.24, 2.45) is 0 Å². The van der Waals surface area contributed by atoms with Crippen molar-refractivity contribution in [1.82, 2.24) is 9.88 Å². The first kappa shape index (κ1) is 16.0. The summed E-state index contributed by atoms with van der Waals surface area (Å²) in [6.45, 7) is 3.03. The van der Waals surface area contributed by atoms with Crippen molar-refractivity contribution in [2.75, 3.05) is 44.7 Å². The van der Waals surface area contributed by atoms with Crippen LogP contribution in [0.5, 0.6) is 0 Å². The Morgan fingerprint density at radius 2 is 1.91 bits per heavy atom. The Morgan fingerprint density at radius 3 is 2.52 bits per heavy atom. The molecular weight excluding hydrogens is 317 g/mol. The van der Waals surface area contributed by atoms with E-state index in [1.54, 1.807) is 24.3 Å². The number of carbonyl (C=O) groups excluding carboxylic acids is 1. The summed E-state index contributed by atoms with van der Waals surface area (Å²) in [7, 11) is 2.07. The molecule has 5 nitrogen and oxygen atoms in total. The minimum atomic E-state index is -0.530. The maximum atomic E-state index is 14.3. The van der Waals surface area contributed by atoms with Crippen LogP contribution in [-0.2, 0) is 0 Å². The Kier molecular flexibility index (Phi) is 4.70. The normalized spacial score (nSPS) is 15.9. The predicted octanol–water partition coefficient (Wildman–Crippen LogP) is 1.88. The molecule has 1 fully saturated rings. The van der Waals surface area contributed by atoms with E-state index in [1.165, 1.54) is 0 Å². The van der Waals surface area contributed by atoms with Gasteiger partial charge in [-0.3, -0.25) is 4.79 Å². The number of ketones is 1. The highest BCUT2D eigenvalue weighted by Crippen LogP contribution is 2.32. The Hall–Kier alpha value is -1.83. The SMILES string of the molecule is CN1CCN(c2nc(-c3ccc(C(=O)CO)cc3)c(F)s2)CC1. The van der Waals surface area contributed by atoms with Crippen LogP contribution < -0.4 is 4.90 Å². The van der Waals surface area contributed by atoms with Crippen LogP contribution in [0.3, 0.4) is 0 Å². The maximum Gasteiger partial charge on any atom is 0.206 e. The molecule has 1 aliphatic rings. The van der Waals surface area contributed by atoms with Crippen LogP contribution in [0.2, 0.25) is 0 Å². The fraction of sp³-hybridized carbons (Fsp3) is 0.375. The van der Waals surface area contributed by atoms with E-state index < -0.39 is 6.61 Å². The molecule has 1 N–H and O–H groups in total. The Morgan fingerprint density at radius 1 is 1.26 bits per heavy atom. The van der Waals surface area contributed by atoms with E-state index in [0.717, 1.165) is 37.5 Å². The molecule has 3 rings (SSSR count). The van der Waals surface area contributed by atoms with Crippen LogP contribution in [0.25, 0.3) is 11.3 Å². The number of benzene rings is 1. The van der Waals surface area contributed by atoms with Crippen LogP contribution in [0.1, 0.15) is 10.4 Å². The summed E-state index contributed by atoms with van der Waals surface area (Å²) in [5.41, 5.74) is 1.35. The van der Waals surface area contributed by atoms with Gasteiger partial charge in [-0.1, -0.05) is 35.6 Å². The van der Waals surface area contributed by atoms with Gasteiger partial charge >= 0.3 is 0 Å². The van der Waals surface area contributed by atoms with Gasteiger partial charge < -0.3 is 14.9 Å². The van der Waals surface area contributed by atoms with Gasteiger partial charge in [0, 0.05) is 37.3 Å². The predicted molar refractivity (Wildman–Crippen MR) is 88.6 cm³/mol. The van der Waals surface area contributed by atoms with E-state index in [9.17, 15) is 9.18 Å². The average molecular weight is 335 g/mol. The minimum absolute atomic E-state index is 0.312. The highest BCUT2D eigenvalue weighted by molar-refractivity contribution is 7.14. The second-order valence-electron chi connectivity index (χ2n) is 5.57. The van der Waals surface area contributed by atoms with Gasteiger partial charge in [-0.25, -0.2) is 4.98 Å². The average Bonchev–Trinajstić information content (AvgIpc) is 2.96. The van der Waals surface area contributed by atoms with Crippen LogP contribution in [0, 0.1) is 5.13 Å². The topological polar surface area (TPSA) is 56.7 Å². The van der Waals surface area contributed by atoms with E-state index in [0.29, 0.717) is 22.0 Å². The lowest BCUT2D eigenvalue weighted by Gasteiger charge is -2.31. The maximum absolute atomic E-state index is 14.3. The molecule has 0 radical (unpaired) electrons. The lowest BCUT2D eigenvalue weighted by Crippen LogP contribution is -2.44. The summed E-state index contributed by atoms with van der Waals surface area (Å²) in [5.74, 6) is -0.353. The van der Waals surface area contributed by atoms with Crippen LogP contribution in [0.15, 0.2) is 24.3 Å². The molecule has 122 valence electrons. The number of piperazine rings is 1. The Bertz CT molecular complexity index is 694. The molecule has 2 aromatic rings. The summed E-state index contributed by atoms with van der Waals surface area (Å²) in [4.78, 5) is 20.2. The van der Waals surface area contributed by atoms with Gasteiger partial charge in [-0.05, 0) is 7.05 Å². The third-order valence-electron chi connectivity index (χ3n) is 3.97. The third kappa shape index (κ3) is 3.41. The smallest absolute Gasteiger partial charge is 0.206 e. The summed E-state index contributed by atoms with van der Waals surface area (Å²) >= 11 is 1.05. The number of halogens is 1. The molecule has 0 amide bonds. The standard InChI is InChI=1S/C16H18FN3O2S/c1-19-6-8-20(9-7-19)16-18-14(15(17)23-16)12-4-2-11(3-5-12)13(22)10-21/h2-5,21H,6-10H2,1H3. The number of aromatic nitrogens is 1. The Balaban J connectivity index is 1.82. The molecular formula is C16H18FN3O2S. The van der Waals surface area contributed by atoms with Gasteiger partial charge in [0.2, 0.25) is 5.13 Å². The zero-order chi connectivity index (χ0) is 16.4. The lowest BCUT2D eigenvalue weighted by molar-refractivity contribution is 0.0904. The number of aliphatic hydroxyl groups is 1. The van der Waals surface area contributed by atoms with E-state index >= 15 is 0 Å². The zero-order valence-electron chi connectivity index (χ0n) is 12.8. The summed E-state index contributed by atoms with van der Waals surface area (Å²) < 4.78 is 14.3. The van der Waals surface area contributed by atoms with Crippen LogP contribution in [-0.4, -0.2) is 60.6 Å². The molecule has 1 aromatic heterocycles. The number of aliphatic hydroxyl groups excluding tert-OH is 1. The molecule has 0 saturated carbocycles. The monoisotopic (exact) mass is 335 g/mol. The van der Waals surface area contributed by atoms with Gasteiger partial charge in [0.1, 0.15) is 12.3 Å². The number of hydrogen-bond acceptors (Lipinski definition) is 6. The number of anilines is 1. The van der Waals surface area contributed by atoms with E-state index in [-0.39, 0.29) is 10.9 Å². The highest BCUT2D eigenvalue weighted by Gasteiger charge is 2.21. The van der Waals surface area contributed by atoms with Gasteiger partial charge in [0.25, 0.3) is 0 Å².